The number of alkyl halides is 2. The van der Waals surface area contributed by atoms with E-state index in [4.69, 9.17) is 0 Å². The van der Waals surface area contributed by atoms with E-state index in [9.17, 15) is 8.78 Å². The van der Waals surface area contributed by atoms with Crippen LogP contribution in [0.3, 0.4) is 0 Å². The lowest BCUT2D eigenvalue weighted by Crippen LogP contribution is -2.38. The molecular weight excluding hydrogens is 379 g/mol. The smallest absolute Gasteiger partial charge is 0.387 e. The fourth-order valence-corrected chi connectivity index (χ4v) is 1.66. The number of nitrogens with one attached hydrogen (secondary N) is 2. The van der Waals surface area contributed by atoms with Gasteiger partial charge >= 0.3 is 6.61 Å². The Labute approximate surface area is 134 Å². The van der Waals surface area contributed by atoms with Gasteiger partial charge in [0.2, 0.25) is 0 Å². The molecule has 7 heteroatoms. The van der Waals surface area contributed by atoms with Crippen molar-refractivity contribution in [3.8, 4) is 5.75 Å². The number of hydrogen-bond acceptors (Lipinski definition) is 2. The van der Waals surface area contributed by atoms with Crippen LogP contribution >= 0.6 is 24.0 Å². The molecule has 112 valence electrons. The fourth-order valence-electron chi connectivity index (χ4n) is 1.66. The van der Waals surface area contributed by atoms with E-state index in [1.165, 1.54) is 6.07 Å². The number of nitrogens with zero attached hydrogens (tertiary/aromatic N) is 1. The maximum atomic E-state index is 12.3. The Morgan fingerprint density at radius 1 is 1.40 bits per heavy atom. The molecule has 0 heterocycles. The molecule has 1 saturated carbocycles. The zero-order valence-corrected chi connectivity index (χ0v) is 13.4. The minimum atomic E-state index is -2.81. The van der Waals surface area contributed by atoms with Gasteiger partial charge in [0.15, 0.2) is 5.96 Å². The van der Waals surface area contributed by atoms with E-state index in [0.29, 0.717) is 24.1 Å². The molecule has 0 amide bonds. The van der Waals surface area contributed by atoms with Gasteiger partial charge in [-0.25, -0.2) is 0 Å². The Kier molecular flexibility index (Phi) is 6.97. The number of halogens is 3. The molecule has 1 fully saturated rings. The molecule has 1 aromatic rings. The topological polar surface area (TPSA) is 45.7 Å². The second-order valence-electron chi connectivity index (χ2n) is 4.33. The van der Waals surface area contributed by atoms with Gasteiger partial charge in [-0.15, -0.1) is 24.0 Å². The molecule has 1 aliphatic carbocycles. The van der Waals surface area contributed by atoms with E-state index in [-0.39, 0.29) is 29.7 Å². The van der Waals surface area contributed by atoms with Crippen molar-refractivity contribution in [2.75, 3.05) is 7.05 Å². The van der Waals surface area contributed by atoms with Crippen LogP contribution in [0.1, 0.15) is 18.4 Å². The lowest BCUT2D eigenvalue weighted by atomic mass is 10.2. The molecule has 0 bridgehead atoms. The molecule has 2 N–H and O–H groups in total. The molecule has 1 aliphatic rings. The lowest BCUT2D eigenvalue weighted by Gasteiger charge is -2.14. The van der Waals surface area contributed by atoms with Gasteiger partial charge in [0.25, 0.3) is 0 Å². The van der Waals surface area contributed by atoms with Crippen LogP contribution in [-0.4, -0.2) is 25.7 Å². The molecule has 0 saturated heterocycles. The number of ether oxygens (including phenoxy) is 1. The Balaban J connectivity index is 0.00000200. The molecule has 2 rings (SSSR count). The second kappa shape index (κ2) is 8.23. The van der Waals surface area contributed by atoms with Crippen LogP contribution in [0.4, 0.5) is 8.78 Å². The molecular formula is C13H18F2IN3O. The highest BCUT2D eigenvalue weighted by Gasteiger charge is 2.22. The quantitative estimate of drug-likeness (QED) is 0.457. The van der Waals surface area contributed by atoms with Crippen molar-refractivity contribution in [1.29, 1.82) is 0 Å². The number of aliphatic imine (C=N–C) groups is 1. The van der Waals surface area contributed by atoms with Crippen LogP contribution in [0.5, 0.6) is 5.75 Å². The number of hydrogen-bond donors (Lipinski definition) is 2. The Morgan fingerprint density at radius 2 is 2.10 bits per heavy atom. The summed E-state index contributed by atoms with van der Waals surface area (Å²) in [6.07, 6.45) is 2.29. The van der Waals surface area contributed by atoms with Crippen molar-refractivity contribution < 1.29 is 13.5 Å². The first-order valence-electron chi connectivity index (χ1n) is 6.19. The largest absolute Gasteiger partial charge is 0.434 e. The fraction of sp³-hybridized carbons (Fsp3) is 0.462. The van der Waals surface area contributed by atoms with Crippen LogP contribution < -0.4 is 15.4 Å². The monoisotopic (exact) mass is 397 g/mol. The van der Waals surface area contributed by atoms with E-state index in [0.717, 1.165) is 12.8 Å². The molecule has 0 radical (unpaired) electrons. The molecule has 0 unspecified atom stereocenters. The highest BCUT2D eigenvalue weighted by atomic mass is 127. The highest BCUT2D eigenvalue weighted by molar-refractivity contribution is 14.0. The van der Waals surface area contributed by atoms with Crippen molar-refractivity contribution in [1.82, 2.24) is 10.6 Å². The van der Waals surface area contributed by atoms with Crippen molar-refractivity contribution in [2.24, 2.45) is 4.99 Å². The van der Waals surface area contributed by atoms with Gasteiger partial charge in [0.05, 0.1) is 0 Å². The van der Waals surface area contributed by atoms with Crippen molar-refractivity contribution in [3.63, 3.8) is 0 Å². The van der Waals surface area contributed by atoms with Crippen molar-refractivity contribution >= 4 is 29.9 Å². The van der Waals surface area contributed by atoms with Gasteiger partial charge in [-0.3, -0.25) is 4.99 Å². The maximum Gasteiger partial charge on any atom is 0.387 e. The summed E-state index contributed by atoms with van der Waals surface area (Å²) in [5.74, 6) is 0.862. The molecule has 20 heavy (non-hydrogen) atoms. The third-order valence-electron chi connectivity index (χ3n) is 2.78. The van der Waals surface area contributed by atoms with Crippen LogP contribution in [0, 0.1) is 0 Å². The molecule has 0 aliphatic heterocycles. The first-order chi connectivity index (χ1) is 9.19. The van der Waals surface area contributed by atoms with Gasteiger partial charge in [0.1, 0.15) is 5.75 Å². The van der Waals surface area contributed by atoms with Gasteiger partial charge < -0.3 is 15.4 Å². The van der Waals surface area contributed by atoms with Crippen LogP contribution in [0.2, 0.25) is 0 Å². The number of rotatable bonds is 5. The number of para-hydroxylation sites is 1. The number of guanidine groups is 1. The van der Waals surface area contributed by atoms with E-state index in [1.54, 1.807) is 25.2 Å². The standard InChI is InChI=1S/C13H17F2N3O.HI/c1-16-13(18-10-6-7-10)17-8-9-4-2-3-5-11(9)19-12(14)15;/h2-5,10,12H,6-8H2,1H3,(H2,16,17,18);1H. The van der Waals surface area contributed by atoms with Gasteiger partial charge in [0, 0.05) is 25.2 Å². The normalized spacial score (nSPS) is 14.7. The first kappa shape index (κ1) is 16.9. The molecule has 0 aromatic heterocycles. The van der Waals surface area contributed by atoms with E-state index in [1.807, 2.05) is 0 Å². The summed E-state index contributed by atoms with van der Waals surface area (Å²) in [6.45, 7) is -2.43. The molecule has 1 aromatic carbocycles. The summed E-state index contributed by atoms with van der Waals surface area (Å²) in [5, 5.41) is 6.31. The van der Waals surface area contributed by atoms with Crippen LogP contribution in [0.25, 0.3) is 0 Å². The van der Waals surface area contributed by atoms with Gasteiger partial charge in [-0.2, -0.15) is 8.78 Å². The summed E-state index contributed by atoms with van der Waals surface area (Å²) in [6, 6.07) is 7.21. The summed E-state index contributed by atoms with van der Waals surface area (Å²) in [5.41, 5.74) is 0.668. The van der Waals surface area contributed by atoms with E-state index >= 15 is 0 Å². The average Bonchev–Trinajstić information content (AvgIpc) is 3.19. The van der Waals surface area contributed by atoms with Gasteiger partial charge in [-0.1, -0.05) is 18.2 Å². The molecule has 0 spiro atoms. The van der Waals surface area contributed by atoms with Crippen LogP contribution in [0.15, 0.2) is 29.3 Å². The summed E-state index contributed by atoms with van der Waals surface area (Å²) >= 11 is 0. The predicted octanol–water partition coefficient (Wildman–Crippen LogP) is 2.73. The summed E-state index contributed by atoms with van der Waals surface area (Å²) in [7, 11) is 1.68. The second-order valence-corrected chi connectivity index (χ2v) is 4.33. The van der Waals surface area contributed by atoms with Crippen LogP contribution in [-0.2, 0) is 6.54 Å². The maximum absolute atomic E-state index is 12.3. The molecule has 0 atom stereocenters. The van der Waals surface area contributed by atoms with E-state index in [2.05, 4.69) is 20.4 Å². The third kappa shape index (κ3) is 5.48. The number of benzene rings is 1. The van der Waals surface area contributed by atoms with Crippen molar-refractivity contribution in [3.05, 3.63) is 29.8 Å². The predicted molar refractivity (Wildman–Crippen MR) is 84.8 cm³/mol. The Hall–Kier alpha value is -1.12. The molecule has 4 nitrogen and oxygen atoms in total. The third-order valence-corrected chi connectivity index (χ3v) is 2.78. The lowest BCUT2D eigenvalue weighted by molar-refractivity contribution is -0.0504. The van der Waals surface area contributed by atoms with Gasteiger partial charge in [-0.05, 0) is 18.9 Å². The minimum absolute atomic E-state index is 0. The minimum Gasteiger partial charge on any atom is -0.434 e. The Morgan fingerprint density at radius 3 is 2.70 bits per heavy atom. The summed E-state index contributed by atoms with van der Waals surface area (Å²) in [4.78, 5) is 4.08. The Bertz CT molecular complexity index is 453. The SMILES string of the molecule is CN=C(NCc1ccccc1OC(F)F)NC1CC1.I. The van der Waals surface area contributed by atoms with E-state index < -0.39 is 6.61 Å². The van der Waals surface area contributed by atoms with Crippen molar-refractivity contribution in [2.45, 2.75) is 32.0 Å². The zero-order chi connectivity index (χ0) is 13.7. The average molecular weight is 397 g/mol. The summed E-state index contributed by atoms with van der Waals surface area (Å²) < 4.78 is 29.0. The zero-order valence-electron chi connectivity index (χ0n) is 11.1. The highest BCUT2D eigenvalue weighted by Crippen LogP contribution is 2.20. The first-order valence-corrected chi connectivity index (χ1v) is 6.19.